The molecule has 3 fully saturated rings. The van der Waals surface area contributed by atoms with Gasteiger partial charge >= 0.3 is 0 Å². The molecule has 4 heterocycles. The Labute approximate surface area is 130 Å². The van der Waals surface area contributed by atoms with Crippen molar-refractivity contribution in [2.24, 2.45) is 0 Å². The van der Waals surface area contributed by atoms with Gasteiger partial charge in [-0.2, -0.15) is 0 Å². The molecule has 4 heteroatoms. The van der Waals surface area contributed by atoms with Crippen molar-refractivity contribution in [2.75, 3.05) is 26.2 Å². The molecule has 0 amide bonds. The van der Waals surface area contributed by atoms with E-state index in [4.69, 9.17) is 4.98 Å². The summed E-state index contributed by atoms with van der Waals surface area (Å²) in [5.41, 5.74) is 2.47. The first-order chi connectivity index (χ1) is 10.4. The molecule has 0 saturated carbocycles. The summed E-state index contributed by atoms with van der Waals surface area (Å²) in [6, 6.07) is 11.3. The van der Waals surface area contributed by atoms with Crippen molar-refractivity contribution < 1.29 is 0 Å². The highest BCUT2D eigenvalue weighted by Gasteiger charge is 2.29. The molecule has 2 bridgehead atoms. The third-order valence-corrected chi connectivity index (χ3v) is 5.65. The highest BCUT2D eigenvalue weighted by Crippen LogP contribution is 2.26. The van der Waals surface area contributed by atoms with E-state index < -0.39 is 0 Å². The van der Waals surface area contributed by atoms with E-state index in [1.165, 1.54) is 50.3 Å². The van der Waals surface area contributed by atoms with Crippen LogP contribution in [0.5, 0.6) is 0 Å². The summed E-state index contributed by atoms with van der Waals surface area (Å²) in [5, 5.41) is 3.38. The van der Waals surface area contributed by atoms with Crippen LogP contribution in [0.4, 0.5) is 0 Å². The summed E-state index contributed by atoms with van der Waals surface area (Å²) in [4.78, 5) is 10.1. The molecule has 0 atom stereocenters. The van der Waals surface area contributed by atoms with Gasteiger partial charge in [-0.05, 0) is 25.9 Å². The molecule has 3 nitrogen and oxygen atoms in total. The van der Waals surface area contributed by atoms with Gasteiger partial charge in [0, 0.05) is 36.6 Å². The first kappa shape index (κ1) is 13.4. The van der Waals surface area contributed by atoms with Crippen LogP contribution < -0.4 is 0 Å². The molecule has 0 unspecified atom stereocenters. The van der Waals surface area contributed by atoms with E-state index in [1.807, 2.05) is 0 Å². The highest BCUT2D eigenvalue weighted by atomic mass is 32.1. The lowest BCUT2D eigenvalue weighted by atomic mass is 10.1. The van der Waals surface area contributed by atoms with Gasteiger partial charge in [-0.1, -0.05) is 30.3 Å². The highest BCUT2D eigenvalue weighted by molar-refractivity contribution is 7.13. The maximum atomic E-state index is 4.85. The van der Waals surface area contributed by atoms with Gasteiger partial charge in [0.05, 0.1) is 5.69 Å². The first-order valence-electron chi connectivity index (χ1n) is 7.85. The van der Waals surface area contributed by atoms with Gasteiger partial charge in [0.2, 0.25) is 0 Å². The Morgan fingerprint density at radius 1 is 1.05 bits per heavy atom. The van der Waals surface area contributed by atoms with Crippen LogP contribution in [0, 0.1) is 0 Å². The first-order valence-corrected chi connectivity index (χ1v) is 8.73. The second-order valence-corrected chi connectivity index (χ2v) is 6.91. The molecular formula is C17H21N3S. The van der Waals surface area contributed by atoms with Gasteiger partial charge < -0.3 is 4.90 Å². The van der Waals surface area contributed by atoms with Crippen LogP contribution in [-0.4, -0.2) is 47.0 Å². The predicted octanol–water partition coefficient (Wildman–Crippen LogP) is 3.09. The Morgan fingerprint density at radius 2 is 1.86 bits per heavy atom. The van der Waals surface area contributed by atoms with Crippen molar-refractivity contribution in [3.8, 4) is 10.6 Å². The van der Waals surface area contributed by atoms with Crippen LogP contribution in [0.15, 0.2) is 35.7 Å². The third-order valence-electron chi connectivity index (χ3n) is 4.71. The monoisotopic (exact) mass is 299 g/mol. The van der Waals surface area contributed by atoms with Crippen LogP contribution in [0.25, 0.3) is 10.6 Å². The molecule has 3 saturated heterocycles. The number of piperidine rings is 1. The van der Waals surface area contributed by atoms with E-state index in [1.54, 1.807) is 11.3 Å². The van der Waals surface area contributed by atoms with E-state index >= 15 is 0 Å². The number of rotatable bonds is 3. The maximum absolute atomic E-state index is 4.85. The second kappa shape index (κ2) is 5.87. The number of benzene rings is 1. The van der Waals surface area contributed by atoms with Gasteiger partial charge in [0.15, 0.2) is 0 Å². The van der Waals surface area contributed by atoms with Crippen molar-refractivity contribution in [3.63, 3.8) is 0 Å². The van der Waals surface area contributed by atoms with Crippen LogP contribution in [-0.2, 0) is 6.54 Å². The number of aromatic nitrogens is 1. The molecule has 110 valence electrons. The summed E-state index contributed by atoms with van der Waals surface area (Å²) < 4.78 is 0. The van der Waals surface area contributed by atoms with E-state index in [9.17, 15) is 0 Å². The zero-order chi connectivity index (χ0) is 14.1. The van der Waals surface area contributed by atoms with E-state index in [-0.39, 0.29) is 0 Å². The molecule has 1 aromatic carbocycles. The lowest BCUT2D eigenvalue weighted by Gasteiger charge is -2.30. The zero-order valence-electron chi connectivity index (χ0n) is 12.2. The topological polar surface area (TPSA) is 19.4 Å². The summed E-state index contributed by atoms with van der Waals surface area (Å²) in [5.74, 6) is 0. The quantitative estimate of drug-likeness (QED) is 0.868. The van der Waals surface area contributed by atoms with E-state index in [0.717, 1.165) is 17.6 Å². The average molecular weight is 299 g/mol. The third kappa shape index (κ3) is 2.89. The largest absolute Gasteiger partial charge is 0.302 e. The van der Waals surface area contributed by atoms with Crippen LogP contribution in [0.3, 0.4) is 0 Å². The number of hydrogen-bond acceptors (Lipinski definition) is 4. The van der Waals surface area contributed by atoms with Crippen LogP contribution >= 0.6 is 11.3 Å². The Hall–Kier alpha value is -1.23. The molecule has 0 aliphatic carbocycles. The summed E-state index contributed by atoms with van der Waals surface area (Å²) in [6.07, 6.45) is 2.66. The molecule has 0 spiro atoms. The average Bonchev–Trinajstić information content (AvgIpc) is 2.84. The van der Waals surface area contributed by atoms with Gasteiger partial charge in [0.1, 0.15) is 5.01 Å². The zero-order valence-corrected chi connectivity index (χ0v) is 13.1. The molecule has 0 radical (unpaired) electrons. The molecular weight excluding hydrogens is 278 g/mol. The normalized spacial score (nSPS) is 25.9. The molecule has 1 aromatic heterocycles. The van der Waals surface area contributed by atoms with E-state index in [2.05, 4.69) is 45.5 Å². The van der Waals surface area contributed by atoms with Gasteiger partial charge in [0.25, 0.3) is 0 Å². The van der Waals surface area contributed by atoms with E-state index in [0.29, 0.717) is 0 Å². The predicted molar refractivity (Wildman–Crippen MR) is 87.4 cm³/mol. The smallest absolute Gasteiger partial charge is 0.123 e. The second-order valence-electron chi connectivity index (χ2n) is 6.05. The Bertz CT molecular complexity index is 587. The molecule has 0 N–H and O–H groups in total. The number of thiazole rings is 1. The molecule has 2 aromatic rings. The lowest BCUT2D eigenvalue weighted by molar-refractivity contribution is 0.175. The minimum Gasteiger partial charge on any atom is -0.302 e. The standard InChI is InChI=1S/C17H21N3S/c1-2-4-14(5-3-1)17-18-15(13-21-17)12-20-11-10-19-8-6-16(20)7-9-19/h1-5,13,16H,6-12H2. The molecule has 21 heavy (non-hydrogen) atoms. The van der Waals surface area contributed by atoms with Gasteiger partial charge in [-0.15, -0.1) is 11.3 Å². The van der Waals surface area contributed by atoms with Crippen molar-refractivity contribution in [1.82, 2.24) is 14.8 Å². The Morgan fingerprint density at radius 3 is 2.67 bits per heavy atom. The fourth-order valence-corrected chi connectivity index (χ4v) is 4.29. The van der Waals surface area contributed by atoms with Crippen LogP contribution in [0.2, 0.25) is 0 Å². The minimum atomic E-state index is 0.769. The number of fused-ring (bicyclic) bond motifs is 4. The molecule has 5 rings (SSSR count). The SMILES string of the molecule is c1ccc(-c2nc(CN3CCN4CCC3CC4)cs2)cc1. The summed E-state index contributed by atoms with van der Waals surface area (Å²) in [7, 11) is 0. The number of nitrogens with zero attached hydrogens (tertiary/aromatic N) is 3. The van der Waals surface area contributed by atoms with Gasteiger partial charge in [-0.25, -0.2) is 4.98 Å². The molecule has 3 aliphatic rings. The fourth-order valence-electron chi connectivity index (χ4n) is 3.47. The minimum absolute atomic E-state index is 0.769. The van der Waals surface area contributed by atoms with Gasteiger partial charge in [-0.3, -0.25) is 4.90 Å². The summed E-state index contributed by atoms with van der Waals surface area (Å²) >= 11 is 1.77. The Kier molecular flexibility index (Phi) is 3.76. The summed E-state index contributed by atoms with van der Waals surface area (Å²) in [6.45, 7) is 6.01. The van der Waals surface area contributed by atoms with Crippen molar-refractivity contribution >= 4 is 11.3 Å². The number of hydrogen-bond donors (Lipinski definition) is 0. The van der Waals surface area contributed by atoms with Crippen molar-refractivity contribution in [3.05, 3.63) is 41.4 Å². The van der Waals surface area contributed by atoms with Crippen molar-refractivity contribution in [2.45, 2.75) is 25.4 Å². The van der Waals surface area contributed by atoms with Crippen molar-refractivity contribution in [1.29, 1.82) is 0 Å². The maximum Gasteiger partial charge on any atom is 0.123 e. The van der Waals surface area contributed by atoms with Crippen LogP contribution in [0.1, 0.15) is 18.5 Å². The Balaban J connectivity index is 1.49. The lowest BCUT2D eigenvalue weighted by Crippen LogP contribution is -2.37. The fraction of sp³-hybridized carbons (Fsp3) is 0.471. The molecule has 3 aliphatic heterocycles.